The second kappa shape index (κ2) is 4.66. The highest BCUT2D eigenvalue weighted by Gasteiger charge is 2.06. The van der Waals surface area contributed by atoms with Crippen LogP contribution in [-0.4, -0.2) is 17.6 Å². The number of halogens is 2. The molecule has 0 fully saturated rings. The van der Waals surface area contributed by atoms with Gasteiger partial charge in [0.15, 0.2) is 17.5 Å². The van der Waals surface area contributed by atoms with Gasteiger partial charge < -0.3 is 0 Å². The number of amidine groups is 1. The van der Waals surface area contributed by atoms with Crippen molar-refractivity contribution in [3.8, 4) is 0 Å². The molecule has 0 aliphatic carbocycles. The van der Waals surface area contributed by atoms with E-state index in [9.17, 15) is 8.78 Å². The lowest BCUT2D eigenvalue weighted by atomic mass is 10.2. The molecule has 0 bridgehead atoms. The van der Waals surface area contributed by atoms with Gasteiger partial charge >= 0.3 is 0 Å². The number of hydrogen-bond donors (Lipinski definition) is 2. The molecule has 1 rings (SSSR count). The van der Waals surface area contributed by atoms with Crippen LogP contribution in [0.1, 0.15) is 12.5 Å². The second-order valence-corrected chi connectivity index (χ2v) is 2.56. The molecule has 0 amide bonds. The lowest BCUT2D eigenvalue weighted by Crippen LogP contribution is -2.20. The van der Waals surface area contributed by atoms with Crippen molar-refractivity contribution < 1.29 is 14.0 Å². The summed E-state index contributed by atoms with van der Waals surface area (Å²) in [6.45, 7) is 2.19. The summed E-state index contributed by atoms with van der Waals surface area (Å²) in [4.78, 5) is 3.85. The molecule has 76 valence electrons. The SMILES string of the molecule is CCN=C(NO)c1ccc(F)c(F)c1. The summed E-state index contributed by atoms with van der Waals surface area (Å²) < 4.78 is 25.3. The van der Waals surface area contributed by atoms with Crippen LogP contribution in [0, 0.1) is 11.6 Å². The van der Waals surface area contributed by atoms with E-state index in [4.69, 9.17) is 5.21 Å². The first kappa shape index (κ1) is 10.6. The first-order valence-electron chi connectivity index (χ1n) is 4.09. The van der Waals surface area contributed by atoms with Crippen molar-refractivity contribution >= 4 is 5.84 Å². The van der Waals surface area contributed by atoms with E-state index in [1.165, 1.54) is 6.07 Å². The number of hydroxylamine groups is 1. The largest absolute Gasteiger partial charge is 0.290 e. The molecular weight excluding hydrogens is 190 g/mol. The van der Waals surface area contributed by atoms with Crippen molar-refractivity contribution in [2.75, 3.05) is 6.54 Å². The summed E-state index contributed by atoms with van der Waals surface area (Å²) >= 11 is 0. The van der Waals surface area contributed by atoms with E-state index >= 15 is 0 Å². The zero-order valence-electron chi connectivity index (χ0n) is 7.59. The van der Waals surface area contributed by atoms with Crippen LogP contribution in [0.15, 0.2) is 23.2 Å². The first-order valence-corrected chi connectivity index (χ1v) is 4.09. The Morgan fingerprint density at radius 3 is 2.64 bits per heavy atom. The van der Waals surface area contributed by atoms with Gasteiger partial charge in [0.05, 0.1) is 0 Å². The van der Waals surface area contributed by atoms with E-state index in [0.29, 0.717) is 12.1 Å². The smallest absolute Gasteiger partial charge is 0.159 e. The van der Waals surface area contributed by atoms with Crippen molar-refractivity contribution in [3.63, 3.8) is 0 Å². The summed E-state index contributed by atoms with van der Waals surface area (Å²) in [6, 6.07) is 3.27. The van der Waals surface area contributed by atoms with E-state index < -0.39 is 11.6 Å². The number of benzene rings is 1. The molecule has 0 saturated heterocycles. The van der Waals surface area contributed by atoms with Crippen LogP contribution >= 0.6 is 0 Å². The molecule has 2 N–H and O–H groups in total. The van der Waals surface area contributed by atoms with Crippen molar-refractivity contribution in [2.24, 2.45) is 4.99 Å². The topological polar surface area (TPSA) is 44.6 Å². The number of nitrogens with one attached hydrogen (secondary N) is 1. The van der Waals surface area contributed by atoms with Gasteiger partial charge in [0.2, 0.25) is 0 Å². The molecule has 5 heteroatoms. The molecule has 1 aromatic rings. The monoisotopic (exact) mass is 200 g/mol. The normalized spacial score (nSPS) is 11.6. The molecule has 0 aliphatic heterocycles. The molecule has 0 aromatic heterocycles. The summed E-state index contributed by atoms with van der Waals surface area (Å²) in [7, 11) is 0. The highest BCUT2D eigenvalue weighted by Crippen LogP contribution is 2.08. The Morgan fingerprint density at radius 2 is 2.14 bits per heavy atom. The minimum atomic E-state index is -0.971. The first-order chi connectivity index (χ1) is 6.69. The average molecular weight is 200 g/mol. The van der Waals surface area contributed by atoms with Gasteiger partial charge in [0.25, 0.3) is 0 Å². The maximum atomic E-state index is 12.8. The highest BCUT2D eigenvalue weighted by atomic mass is 19.2. The van der Waals surface area contributed by atoms with Gasteiger partial charge in [0.1, 0.15) is 0 Å². The van der Waals surface area contributed by atoms with Gasteiger partial charge in [-0.05, 0) is 25.1 Å². The summed E-state index contributed by atoms with van der Waals surface area (Å²) in [5, 5.41) is 8.67. The van der Waals surface area contributed by atoms with Crippen LogP contribution in [0.4, 0.5) is 8.78 Å². The van der Waals surface area contributed by atoms with Crippen LogP contribution in [0.2, 0.25) is 0 Å². The third-order valence-electron chi connectivity index (χ3n) is 1.62. The van der Waals surface area contributed by atoms with Crippen LogP contribution in [0.25, 0.3) is 0 Å². The Bertz CT molecular complexity index is 353. The Kier molecular flexibility index (Phi) is 3.53. The molecule has 0 radical (unpaired) electrons. The van der Waals surface area contributed by atoms with Crippen LogP contribution in [0.3, 0.4) is 0 Å². The van der Waals surface area contributed by atoms with E-state index in [2.05, 4.69) is 4.99 Å². The molecule has 14 heavy (non-hydrogen) atoms. The summed E-state index contributed by atoms with van der Waals surface area (Å²) in [5.41, 5.74) is 2.13. The molecule has 0 saturated carbocycles. The Balaban J connectivity index is 3.06. The maximum Gasteiger partial charge on any atom is 0.159 e. The lowest BCUT2D eigenvalue weighted by Gasteiger charge is -2.04. The quantitative estimate of drug-likeness (QED) is 0.433. The zero-order chi connectivity index (χ0) is 10.6. The van der Waals surface area contributed by atoms with Crippen molar-refractivity contribution in [1.82, 2.24) is 5.48 Å². The number of hydrogen-bond acceptors (Lipinski definition) is 2. The lowest BCUT2D eigenvalue weighted by molar-refractivity contribution is 0.234. The third-order valence-corrected chi connectivity index (χ3v) is 1.62. The minimum Gasteiger partial charge on any atom is -0.290 e. The van der Waals surface area contributed by atoms with Gasteiger partial charge in [-0.1, -0.05) is 0 Å². The Hall–Kier alpha value is -1.49. The van der Waals surface area contributed by atoms with Gasteiger partial charge in [-0.3, -0.25) is 15.7 Å². The second-order valence-electron chi connectivity index (χ2n) is 2.56. The fourth-order valence-electron chi connectivity index (χ4n) is 0.993. The predicted octanol–water partition coefficient (Wildman–Crippen LogP) is 1.71. The molecule has 3 nitrogen and oxygen atoms in total. The molecule has 0 aliphatic rings. The zero-order valence-corrected chi connectivity index (χ0v) is 7.59. The fourth-order valence-corrected chi connectivity index (χ4v) is 0.993. The van der Waals surface area contributed by atoms with Gasteiger partial charge in [-0.25, -0.2) is 8.78 Å². The van der Waals surface area contributed by atoms with E-state index in [-0.39, 0.29) is 5.84 Å². The van der Waals surface area contributed by atoms with E-state index in [1.807, 2.05) is 5.48 Å². The molecule has 1 aromatic carbocycles. The third kappa shape index (κ3) is 2.26. The highest BCUT2D eigenvalue weighted by molar-refractivity contribution is 5.97. The van der Waals surface area contributed by atoms with Crippen molar-refractivity contribution in [2.45, 2.75) is 6.92 Å². The minimum absolute atomic E-state index is 0.117. The molecule has 0 unspecified atom stereocenters. The molecular formula is C9H10F2N2O. The number of aliphatic imine (C=N–C) groups is 1. The van der Waals surface area contributed by atoms with Gasteiger partial charge in [-0.15, -0.1) is 0 Å². The van der Waals surface area contributed by atoms with E-state index in [1.54, 1.807) is 6.92 Å². The predicted molar refractivity (Wildman–Crippen MR) is 48.4 cm³/mol. The Labute approximate surface area is 80.1 Å². The average Bonchev–Trinajstić information content (AvgIpc) is 2.19. The van der Waals surface area contributed by atoms with Crippen LogP contribution < -0.4 is 5.48 Å². The molecule has 0 heterocycles. The number of rotatable bonds is 2. The standard InChI is InChI=1S/C9H10F2N2O/c1-2-12-9(13-14)6-3-4-7(10)8(11)5-6/h3-5,14H,2H2,1H3,(H,12,13). The van der Waals surface area contributed by atoms with Gasteiger partial charge in [0, 0.05) is 12.1 Å². The van der Waals surface area contributed by atoms with Crippen molar-refractivity contribution in [3.05, 3.63) is 35.4 Å². The number of nitrogens with zero attached hydrogens (tertiary/aromatic N) is 1. The van der Waals surface area contributed by atoms with Crippen molar-refractivity contribution in [1.29, 1.82) is 0 Å². The fraction of sp³-hybridized carbons (Fsp3) is 0.222. The van der Waals surface area contributed by atoms with Crippen LogP contribution in [0.5, 0.6) is 0 Å². The van der Waals surface area contributed by atoms with Crippen LogP contribution in [-0.2, 0) is 0 Å². The maximum absolute atomic E-state index is 12.8. The molecule has 0 spiro atoms. The summed E-state index contributed by atoms with van der Waals surface area (Å²) in [5.74, 6) is -1.78. The van der Waals surface area contributed by atoms with Gasteiger partial charge in [-0.2, -0.15) is 0 Å². The molecule has 0 atom stereocenters. The summed E-state index contributed by atoms with van der Waals surface area (Å²) in [6.07, 6.45) is 0. The van der Waals surface area contributed by atoms with E-state index in [0.717, 1.165) is 12.1 Å². The Morgan fingerprint density at radius 1 is 1.43 bits per heavy atom.